The largest absolute Gasteiger partial charge is 0.393 e. The first-order valence-corrected chi connectivity index (χ1v) is 6.02. The summed E-state index contributed by atoms with van der Waals surface area (Å²) in [6, 6.07) is 6.23. The van der Waals surface area contributed by atoms with Crippen LogP contribution in [0, 0.1) is 6.92 Å². The zero-order valence-electron chi connectivity index (χ0n) is 8.74. The first-order valence-electron chi connectivity index (χ1n) is 5.22. The average Bonchev–Trinajstić information content (AvgIpc) is 2.22. The minimum atomic E-state index is -0.219. The van der Waals surface area contributed by atoms with Gasteiger partial charge in [-0.15, -0.1) is 0 Å². The number of aryl methyl sites for hydroxylation is 1. The van der Waals surface area contributed by atoms with E-state index in [0.29, 0.717) is 13.0 Å². The molecule has 0 aromatic heterocycles. The van der Waals surface area contributed by atoms with Crippen molar-refractivity contribution in [2.45, 2.75) is 32.0 Å². The lowest BCUT2D eigenvalue weighted by molar-refractivity contribution is -0.0448. The van der Waals surface area contributed by atoms with Crippen LogP contribution >= 0.6 is 15.9 Å². The lowest BCUT2D eigenvalue weighted by atomic mass is 9.99. The van der Waals surface area contributed by atoms with Crippen molar-refractivity contribution in [1.29, 1.82) is 0 Å². The summed E-state index contributed by atoms with van der Waals surface area (Å²) < 4.78 is 6.75. The number of aliphatic hydroxyl groups excluding tert-OH is 1. The highest BCUT2D eigenvalue weighted by atomic mass is 79.9. The number of benzene rings is 1. The van der Waals surface area contributed by atoms with Crippen LogP contribution in [0.4, 0.5) is 0 Å². The molecule has 1 fully saturated rings. The molecule has 1 aliphatic rings. The van der Waals surface area contributed by atoms with E-state index in [9.17, 15) is 5.11 Å². The van der Waals surface area contributed by atoms with Gasteiger partial charge in [-0.3, -0.25) is 0 Å². The van der Waals surface area contributed by atoms with Crippen molar-refractivity contribution in [3.63, 3.8) is 0 Å². The Morgan fingerprint density at radius 1 is 1.47 bits per heavy atom. The number of ether oxygens (including phenoxy) is 1. The van der Waals surface area contributed by atoms with Gasteiger partial charge in [0.05, 0.1) is 12.2 Å². The maximum Gasteiger partial charge on any atom is 0.0849 e. The van der Waals surface area contributed by atoms with E-state index in [0.717, 1.165) is 16.5 Å². The summed E-state index contributed by atoms with van der Waals surface area (Å²) in [7, 11) is 0. The van der Waals surface area contributed by atoms with Gasteiger partial charge in [0.15, 0.2) is 0 Å². The van der Waals surface area contributed by atoms with Crippen LogP contribution < -0.4 is 0 Å². The van der Waals surface area contributed by atoms with Crippen LogP contribution in [0.5, 0.6) is 0 Å². The standard InChI is InChI=1S/C12H15BrO2/c1-8-2-3-9(6-11(8)13)12-7-10(14)4-5-15-12/h2-3,6,10,12,14H,4-5,7H2,1H3. The maximum atomic E-state index is 9.57. The monoisotopic (exact) mass is 270 g/mol. The van der Waals surface area contributed by atoms with Crippen molar-refractivity contribution in [2.24, 2.45) is 0 Å². The van der Waals surface area contributed by atoms with Gasteiger partial charge >= 0.3 is 0 Å². The van der Waals surface area contributed by atoms with E-state index in [4.69, 9.17) is 4.74 Å². The van der Waals surface area contributed by atoms with E-state index in [-0.39, 0.29) is 12.2 Å². The van der Waals surface area contributed by atoms with Crippen molar-refractivity contribution in [2.75, 3.05) is 6.61 Å². The molecule has 0 saturated carbocycles. The fourth-order valence-electron chi connectivity index (χ4n) is 1.82. The van der Waals surface area contributed by atoms with Gasteiger partial charge in [0.1, 0.15) is 0 Å². The third-order valence-electron chi connectivity index (χ3n) is 2.82. The Bertz CT molecular complexity index is 351. The van der Waals surface area contributed by atoms with Gasteiger partial charge in [0.2, 0.25) is 0 Å². The van der Waals surface area contributed by atoms with Gasteiger partial charge in [0, 0.05) is 17.5 Å². The van der Waals surface area contributed by atoms with Crippen molar-refractivity contribution >= 4 is 15.9 Å². The molecule has 3 heteroatoms. The number of hydrogen-bond donors (Lipinski definition) is 1. The Kier molecular flexibility index (Phi) is 3.44. The van der Waals surface area contributed by atoms with E-state index in [2.05, 4.69) is 41.1 Å². The average molecular weight is 271 g/mol. The van der Waals surface area contributed by atoms with Gasteiger partial charge in [-0.2, -0.15) is 0 Å². The molecule has 1 aromatic rings. The highest BCUT2D eigenvalue weighted by Crippen LogP contribution is 2.30. The summed E-state index contributed by atoms with van der Waals surface area (Å²) in [5.74, 6) is 0. The second-order valence-corrected chi connectivity index (χ2v) is 4.90. The number of rotatable bonds is 1. The molecule has 2 atom stereocenters. The van der Waals surface area contributed by atoms with Crippen molar-refractivity contribution in [1.82, 2.24) is 0 Å². The lowest BCUT2D eigenvalue weighted by Gasteiger charge is -2.27. The van der Waals surface area contributed by atoms with E-state index in [1.807, 2.05) is 0 Å². The third kappa shape index (κ3) is 2.60. The number of hydrogen-bond acceptors (Lipinski definition) is 2. The first kappa shape index (κ1) is 11.1. The van der Waals surface area contributed by atoms with Crippen molar-refractivity contribution in [3.05, 3.63) is 33.8 Å². The molecular formula is C12H15BrO2. The van der Waals surface area contributed by atoms with E-state index in [1.54, 1.807) is 0 Å². The SMILES string of the molecule is Cc1ccc(C2CC(O)CCO2)cc1Br. The minimum absolute atomic E-state index is 0.0469. The third-order valence-corrected chi connectivity index (χ3v) is 3.68. The number of halogens is 1. The molecule has 2 nitrogen and oxygen atoms in total. The Balaban J connectivity index is 2.18. The molecule has 2 rings (SSSR count). The maximum absolute atomic E-state index is 9.57. The van der Waals surface area contributed by atoms with Crippen LogP contribution in [0.2, 0.25) is 0 Å². The highest BCUT2D eigenvalue weighted by molar-refractivity contribution is 9.10. The molecule has 0 radical (unpaired) electrons. The minimum Gasteiger partial charge on any atom is -0.393 e. The van der Waals surface area contributed by atoms with Crippen LogP contribution in [0.25, 0.3) is 0 Å². The molecule has 1 aliphatic heterocycles. The summed E-state index contributed by atoms with van der Waals surface area (Å²) in [6.07, 6.45) is 1.29. The Morgan fingerprint density at radius 2 is 2.27 bits per heavy atom. The fourth-order valence-corrected chi connectivity index (χ4v) is 2.22. The summed E-state index contributed by atoms with van der Waals surface area (Å²) in [6.45, 7) is 2.71. The fraction of sp³-hybridized carbons (Fsp3) is 0.500. The van der Waals surface area contributed by atoms with E-state index in [1.165, 1.54) is 5.56 Å². The van der Waals surface area contributed by atoms with Crippen LogP contribution in [0.3, 0.4) is 0 Å². The summed E-state index contributed by atoms with van der Waals surface area (Å²) in [4.78, 5) is 0. The topological polar surface area (TPSA) is 29.5 Å². The van der Waals surface area contributed by atoms with Crippen LogP contribution in [-0.4, -0.2) is 17.8 Å². The Labute approximate surface area is 98.4 Å². The summed E-state index contributed by atoms with van der Waals surface area (Å²) >= 11 is 3.51. The second kappa shape index (κ2) is 4.64. The van der Waals surface area contributed by atoms with E-state index < -0.39 is 0 Å². The quantitative estimate of drug-likeness (QED) is 0.850. The van der Waals surface area contributed by atoms with Crippen molar-refractivity contribution < 1.29 is 9.84 Å². The molecular weight excluding hydrogens is 256 g/mol. The molecule has 82 valence electrons. The van der Waals surface area contributed by atoms with Crippen LogP contribution in [0.15, 0.2) is 22.7 Å². The van der Waals surface area contributed by atoms with Crippen LogP contribution in [-0.2, 0) is 4.74 Å². The lowest BCUT2D eigenvalue weighted by Crippen LogP contribution is -2.23. The zero-order valence-corrected chi connectivity index (χ0v) is 10.3. The van der Waals surface area contributed by atoms with E-state index >= 15 is 0 Å². The number of aliphatic hydroxyl groups is 1. The molecule has 0 spiro atoms. The highest BCUT2D eigenvalue weighted by Gasteiger charge is 2.22. The molecule has 1 saturated heterocycles. The van der Waals surface area contributed by atoms with Crippen molar-refractivity contribution in [3.8, 4) is 0 Å². The predicted octanol–water partition coefficient (Wildman–Crippen LogP) is 2.97. The molecule has 1 aromatic carbocycles. The molecule has 0 bridgehead atoms. The molecule has 1 N–H and O–H groups in total. The van der Waals surface area contributed by atoms with Gasteiger partial charge < -0.3 is 9.84 Å². The van der Waals surface area contributed by atoms with Gasteiger partial charge in [-0.25, -0.2) is 0 Å². The molecule has 15 heavy (non-hydrogen) atoms. The predicted molar refractivity (Wildman–Crippen MR) is 62.8 cm³/mol. The van der Waals surface area contributed by atoms with Gasteiger partial charge in [-0.05, 0) is 30.5 Å². The summed E-state index contributed by atoms with van der Waals surface area (Å²) in [5, 5.41) is 9.57. The van der Waals surface area contributed by atoms with Gasteiger partial charge in [0.25, 0.3) is 0 Å². The molecule has 0 amide bonds. The van der Waals surface area contributed by atoms with Crippen LogP contribution in [0.1, 0.15) is 30.1 Å². The zero-order chi connectivity index (χ0) is 10.8. The Hall–Kier alpha value is -0.380. The molecule has 0 aliphatic carbocycles. The van der Waals surface area contributed by atoms with Gasteiger partial charge in [-0.1, -0.05) is 28.1 Å². The smallest absolute Gasteiger partial charge is 0.0849 e. The summed E-state index contributed by atoms with van der Waals surface area (Å²) in [5.41, 5.74) is 2.36. The first-order chi connectivity index (χ1) is 7.16. The Morgan fingerprint density at radius 3 is 2.93 bits per heavy atom. The molecule has 2 unspecified atom stereocenters. The molecule has 1 heterocycles. The normalized spacial score (nSPS) is 26.6. The second-order valence-electron chi connectivity index (χ2n) is 4.05.